The number of carbonyl (C=O) groups is 5. The van der Waals surface area contributed by atoms with Gasteiger partial charge in [-0.15, -0.1) is 0 Å². The number of nitrogens with one attached hydrogen (secondary N) is 2. The summed E-state index contributed by atoms with van der Waals surface area (Å²) in [6, 6.07) is 6.92. The van der Waals surface area contributed by atoms with E-state index in [1.54, 1.807) is 19.1 Å². The first-order valence-electron chi connectivity index (χ1n) is 9.43. The van der Waals surface area contributed by atoms with Crippen LogP contribution in [-0.4, -0.2) is 58.4 Å². The van der Waals surface area contributed by atoms with Crippen molar-refractivity contribution < 1.29 is 33.4 Å². The average Bonchev–Trinajstić information content (AvgIpc) is 2.72. The third-order valence-corrected chi connectivity index (χ3v) is 5.36. The summed E-state index contributed by atoms with van der Waals surface area (Å²) in [6.07, 6.45) is 0. The molecule has 1 rings (SSSR count). The molecule has 11 heteroatoms. The second-order valence-corrected chi connectivity index (χ2v) is 8.36. The summed E-state index contributed by atoms with van der Waals surface area (Å²) in [5, 5.41) is 4.09. The third-order valence-electron chi connectivity index (χ3n) is 3.60. The fraction of sp³-hybridized carbons (Fsp3) is 0.450. The van der Waals surface area contributed by atoms with E-state index in [2.05, 4.69) is 10.6 Å². The number of benzene rings is 1. The predicted octanol–water partition coefficient (Wildman–Crippen LogP) is 1.89. The van der Waals surface area contributed by atoms with E-state index < -0.39 is 35.2 Å². The maximum absolute atomic E-state index is 12.6. The zero-order valence-corrected chi connectivity index (χ0v) is 19.2. The van der Waals surface area contributed by atoms with Gasteiger partial charge in [-0.3, -0.25) is 14.4 Å². The van der Waals surface area contributed by atoms with Gasteiger partial charge in [0.05, 0.1) is 6.61 Å². The molecule has 0 spiro atoms. The number of thioether (sulfide) groups is 2. The minimum atomic E-state index is -1.09. The Labute approximate surface area is 189 Å². The van der Waals surface area contributed by atoms with E-state index in [0.717, 1.165) is 29.1 Å². The highest BCUT2D eigenvalue weighted by molar-refractivity contribution is 8.13. The Bertz CT molecular complexity index is 774. The lowest BCUT2D eigenvalue weighted by atomic mass is 10.2. The van der Waals surface area contributed by atoms with Crippen molar-refractivity contribution in [1.82, 2.24) is 10.6 Å². The van der Waals surface area contributed by atoms with Gasteiger partial charge >= 0.3 is 11.3 Å². The van der Waals surface area contributed by atoms with Crippen LogP contribution in [0, 0.1) is 0 Å². The van der Waals surface area contributed by atoms with Crippen molar-refractivity contribution in [2.24, 2.45) is 0 Å². The molecule has 9 nitrogen and oxygen atoms in total. The Morgan fingerprint density at radius 1 is 0.903 bits per heavy atom. The Kier molecular flexibility index (Phi) is 12.4. The summed E-state index contributed by atoms with van der Waals surface area (Å²) in [6.45, 7) is 4.37. The molecule has 0 bridgehead atoms. The molecule has 0 saturated heterocycles. The van der Waals surface area contributed by atoms with Crippen molar-refractivity contribution in [3.8, 4) is 0 Å². The SMILES string of the molecule is CCOC(=O)C(CSC(C)=O)NC(=O)C(CSC(=O)OCc1ccccc1)NC(C)=O. The molecule has 1 aromatic rings. The molecule has 0 radical (unpaired) electrons. The summed E-state index contributed by atoms with van der Waals surface area (Å²) >= 11 is 1.59. The van der Waals surface area contributed by atoms with Crippen LogP contribution in [0.25, 0.3) is 0 Å². The number of amides is 2. The molecule has 0 aromatic heterocycles. The molecule has 1 aromatic carbocycles. The molecular weight excluding hydrogens is 444 g/mol. The van der Waals surface area contributed by atoms with Crippen molar-refractivity contribution >= 4 is 51.7 Å². The number of carbonyl (C=O) groups excluding carboxylic acids is 5. The summed E-state index contributed by atoms with van der Waals surface area (Å²) in [5.74, 6) is -1.97. The van der Waals surface area contributed by atoms with E-state index in [0.29, 0.717) is 0 Å². The molecule has 2 unspecified atom stereocenters. The fourth-order valence-corrected chi connectivity index (χ4v) is 3.52. The van der Waals surface area contributed by atoms with Crippen LogP contribution in [0.4, 0.5) is 4.79 Å². The smallest absolute Gasteiger partial charge is 0.367 e. The van der Waals surface area contributed by atoms with Crippen molar-refractivity contribution in [3.05, 3.63) is 35.9 Å². The summed E-state index contributed by atoms with van der Waals surface area (Å²) < 4.78 is 10.1. The van der Waals surface area contributed by atoms with Crippen LogP contribution in [-0.2, 0) is 35.3 Å². The van der Waals surface area contributed by atoms with Crippen LogP contribution in [0.5, 0.6) is 0 Å². The monoisotopic (exact) mass is 470 g/mol. The predicted molar refractivity (Wildman–Crippen MR) is 118 cm³/mol. The van der Waals surface area contributed by atoms with E-state index >= 15 is 0 Å². The van der Waals surface area contributed by atoms with Gasteiger partial charge in [-0.2, -0.15) is 0 Å². The van der Waals surface area contributed by atoms with Gasteiger partial charge in [0.15, 0.2) is 5.12 Å². The number of ether oxygens (including phenoxy) is 2. The van der Waals surface area contributed by atoms with Crippen molar-refractivity contribution in [2.75, 3.05) is 18.1 Å². The van der Waals surface area contributed by atoms with Gasteiger partial charge in [-0.05, 0) is 24.2 Å². The average molecular weight is 471 g/mol. The van der Waals surface area contributed by atoms with E-state index in [4.69, 9.17) is 9.47 Å². The van der Waals surface area contributed by atoms with E-state index in [9.17, 15) is 24.0 Å². The van der Waals surface area contributed by atoms with Gasteiger partial charge in [0.25, 0.3) is 0 Å². The van der Waals surface area contributed by atoms with E-state index in [-0.39, 0.29) is 29.8 Å². The Balaban J connectivity index is 2.68. The first kappa shape index (κ1) is 26.5. The molecule has 2 atom stereocenters. The highest BCUT2D eigenvalue weighted by Gasteiger charge is 2.28. The number of rotatable bonds is 11. The molecule has 0 aliphatic rings. The fourth-order valence-electron chi connectivity index (χ4n) is 2.22. The number of hydrogen-bond acceptors (Lipinski definition) is 9. The zero-order valence-electron chi connectivity index (χ0n) is 17.5. The van der Waals surface area contributed by atoms with E-state index in [1.165, 1.54) is 13.8 Å². The molecule has 0 aliphatic carbocycles. The molecule has 0 heterocycles. The Morgan fingerprint density at radius 3 is 2.13 bits per heavy atom. The normalized spacial score (nSPS) is 12.2. The van der Waals surface area contributed by atoms with Gasteiger partial charge in [-0.25, -0.2) is 9.59 Å². The van der Waals surface area contributed by atoms with Crippen molar-refractivity contribution in [3.63, 3.8) is 0 Å². The van der Waals surface area contributed by atoms with Crippen LogP contribution in [0.1, 0.15) is 26.3 Å². The summed E-state index contributed by atoms with van der Waals surface area (Å²) in [5.41, 5.74) is 0.813. The van der Waals surface area contributed by atoms with Crippen molar-refractivity contribution in [1.29, 1.82) is 0 Å². The zero-order chi connectivity index (χ0) is 23.2. The first-order valence-corrected chi connectivity index (χ1v) is 11.4. The molecular formula is C20H26N2O7S2. The Hall–Kier alpha value is -2.53. The van der Waals surface area contributed by atoms with Crippen molar-refractivity contribution in [2.45, 2.75) is 39.5 Å². The van der Waals surface area contributed by atoms with Crippen LogP contribution in [0.3, 0.4) is 0 Å². The minimum Gasteiger partial charge on any atom is -0.464 e. The highest BCUT2D eigenvalue weighted by Crippen LogP contribution is 2.12. The standard InChI is InChI=1S/C20H26N2O7S2/c1-4-28-19(26)17(12-30-14(3)24)22-18(25)16(21-13(2)23)11-31-20(27)29-10-15-8-6-5-7-9-15/h5-9,16-17H,4,10-12H2,1-3H3,(H,21,23)(H,22,25). The second kappa shape index (κ2) is 14.5. The topological polar surface area (TPSA) is 128 Å². The van der Waals surface area contributed by atoms with E-state index in [1.807, 2.05) is 18.2 Å². The lowest BCUT2D eigenvalue weighted by Gasteiger charge is -2.21. The number of esters is 1. The van der Waals surface area contributed by atoms with Gasteiger partial charge in [0.2, 0.25) is 11.8 Å². The van der Waals surface area contributed by atoms with Crippen LogP contribution < -0.4 is 10.6 Å². The summed E-state index contributed by atoms with van der Waals surface area (Å²) in [4.78, 5) is 59.5. The van der Waals surface area contributed by atoms with Gasteiger partial charge in [0.1, 0.15) is 18.7 Å². The highest BCUT2D eigenvalue weighted by atomic mass is 32.2. The largest absolute Gasteiger partial charge is 0.464 e. The third kappa shape index (κ3) is 11.4. The number of hydrogen-bond donors (Lipinski definition) is 2. The quantitative estimate of drug-likeness (QED) is 0.466. The van der Waals surface area contributed by atoms with Crippen LogP contribution in [0.2, 0.25) is 0 Å². The molecule has 0 fully saturated rings. The van der Waals surface area contributed by atoms with Gasteiger partial charge in [-0.1, -0.05) is 42.1 Å². The summed E-state index contributed by atoms with van der Waals surface area (Å²) in [7, 11) is 0. The first-order chi connectivity index (χ1) is 14.7. The molecule has 0 saturated carbocycles. The van der Waals surface area contributed by atoms with Gasteiger partial charge in [0, 0.05) is 25.4 Å². The molecule has 31 heavy (non-hydrogen) atoms. The second-order valence-electron chi connectivity index (χ2n) is 6.20. The molecule has 170 valence electrons. The lowest BCUT2D eigenvalue weighted by molar-refractivity contribution is -0.146. The maximum Gasteiger partial charge on any atom is 0.367 e. The Morgan fingerprint density at radius 2 is 1.55 bits per heavy atom. The van der Waals surface area contributed by atoms with Crippen LogP contribution in [0.15, 0.2) is 30.3 Å². The maximum atomic E-state index is 12.6. The molecule has 2 amide bonds. The minimum absolute atomic E-state index is 0.0149. The molecule has 0 aliphatic heterocycles. The van der Waals surface area contributed by atoms with Crippen LogP contribution >= 0.6 is 23.5 Å². The van der Waals surface area contributed by atoms with Gasteiger partial charge < -0.3 is 20.1 Å². The molecule has 2 N–H and O–H groups in total. The lowest BCUT2D eigenvalue weighted by Crippen LogP contribution is -2.53.